The molecule has 0 aliphatic rings. The van der Waals surface area contributed by atoms with Gasteiger partial charge in [-0.25, -0.2) is 0 Å². The van der Waals surface area contributed by atoms with Gasteiger partial charge in [-0.3, -0.25) is 18.9 Å². The van der Waals surface area contributed by atoms with Crippen molar-refractivity contribution in [2.45, 2.75) is 57.6 Å². The second-order valence-corrected chi connectivity index (χ2v) is 6.30. The van der Waals surface area contributed by atoms with E-state index >= 15 is 0 Å². The molecule has 7 heteroatoms. The molecule has 0 spiro atoms. The average Bonchev–Trinajstić information content (AvgIpc) is 2.36. The van der Waals surface area contributed by atoms with Gasteiger partial charge in [0.25, 0.3) is 0 Å². The Bertz CT molecular complexity index is 375. The maximum absolute atomic E-state index is 11.8. The van der Waals surface area contributed by atoms with Gasteiger partial charge >= 0.3 is 17.9 Å². The van der Waals surface area contributed by atoms with Crippen molar-refractivity contribution in [1.29, 1.82) is 0 Å². The van der Waals surface area contributed by atoms with Gasteiger partial charge in [-0.05, 0) is 12.8 Å². The zero-order valence-electron chi connectivity index (χ0n) is 13.7. The normalized spacial score (nSPS) is 12.7. The molecule has 0 fully saturated rings. The molecule has 0 aromatic rings. The van der Waals surface area contributed by atoms with Crippen LogP contribution >= 0.6 is 0 Å². The number of hydrogen-bond donors (Lipinski definition) is 2. The van der Waals surface area contributed by atoms with E-state index in [1.807, 2.05) is 21.1 Å². The van der Waals surface area contributed by atoms with Crippen molar-refractivity contribution in [3.63, 3.8) is 0 Å². The second kappa shape index (κ2) is 10.2. The number of aliphatic carboxylic acids is 2. The monoisotopic (exact) mass is 318 g/mol. The molecule has 0 aliphatic carbocycles. The van der Waals surface area contributed by atoms with E-state index < -0.39 is 18.2 Å². The number of carbonyl (C=O) groups is 3. The quantitative estimate of drug-likeness (QED) is 0.246. The molecule has 1 atom stereocenters. The SMILES string of the molecule is C[N+](C)(C)C(CCC(=O)O)OC(=O)CCCCCCC(=O)O. The third-order valence-corrected chi connectivity index (χ3v) is 3.26. The fourth-order valence-corrected chi connectivity index (χ4v) is 1.96. The first kappa shape index (κ1) is 20.4. The lowest BCUT2D eigenvalue weighted by molar-refractivity contribution is -0.917. The summed E-state index contributed by atoms with van der Waals surface area (Å²) in [5, 5.41) is 17.2. The van der Waals surface area contributed by atoms with Gasteiger partial charge in [-0.1, -0.05) is 12.8 Å². The van der Waals surface area contributed by atoms with Crippen molar-refractivity contribution in [2.24, 2.45) is 0 Å². The molecule has 7 nitrogen and oxygen atoms in total. The Morgan fingerprint density at radius 1 is 0.864 bits per heavy atom. The van der Waals surface area contributed by atoms with E-state index in [4.69, 9.17) is 14.9 Å². The van der Waals surface area contributed by atoms with Crippen LogP contribution in [0.15, 0.2) is 0 Å². The van der Waals surface area contributed by atoms with Gasteiger partial charge in [0.2, 0.25) is 6.23 Å². The van der Waals surface area contributed by atoms with Crippen molar-refractivity contribution in [3.8, 4) is 0 Å². The van der Waals surface area contributed by atoms with Crippen molar-refractivity contribution in [2.75, 3.05) is 21.1 Å². The molecule has 0 heterocycles. The summed E-state index contributed by atoms with van der Waals surface area (Å²) in [7, 11) is 5.56. The number of nitrogens with zero attached hydrogens (tertiary/aromatic N) is 1. The largest absolute Gasteiger partial charge is 0.481 e. The van der Waals surface area contributed by atoms with Gasteiger partial charge in [0.05, 0.1) is 27.6 Å². The molecule has 0 saturated heterocycles. The number of ether oxygens (including phenoxy) is 1. The van der Waals surface area contributed by atoms with E-state index in [0.717, 1.165) is 12.8 Å². The van der Waals surface area contributed by atoms with Crippen LogP contribution in [0.2, 0.25) is 0 Å². The van der Waals surface area contributed by atoms with E-state index in [2.05, 4.69) is 0 Å². The molecule has 2 N–H and O–H groups in total. The summed E-state index contributed by atoms with van der Waals surface area (Å²) in [4.78, 5) is 32.8. The van der Waals surface area contributed by atoms with Gasteiger partial charge in [0.1, 0.15) is 0 Å². The number of carbonyl (C=O) groups excluding carboxylic acids is 1. The molecular weight excluding hydrogens is 290 g/mol. The van der Waals surface area contributed by atoms with Gasteiger partial charge in [0.15, 0.2) is 0 Å². The van der Waals surface area contributed by atoms with Crippen molar-refractivity contribution in [1.82, 2.24) is 0 Å². The van der Waals surface area contributed by atoms with E-state index in [9.17, 15) is 14.4 Å². The number of carboxylic acid groups (broad SMARTS) is 2. The van der Waals surface area contributed by atoms with Crippen LogP contribution in [0.25, 0.3) is 0 Å². The van der Waals surface area contributed by atoms with Gasteiger partial charge < -0.3 is 14.9 Å². The number of rotatable bonds is 12. The number of carboxylic acids is 2. The number of hydrogen-bond acceptors (Lipinski definition) is 4. The summed E-state index contributed by atoms with van der Waals surface area (Å²) >= 11 is 0. The molecule has 22 heavy (non-hydrogen) atoms. The molecular formula is C15H28NO6+. The molecule has 0 bridgehead atoms. The van der Waals surface area contributed by atoms with Crippen LogP contribution in [-0.4, -0.2) is 60.0 Å². The molecule has 1 unspecified atom stereocenters. The third kappa shape index (κ3) is 11.1. The van der Waals surface area contributed by atoms with E-state index in [-0.39, 0.29) is 31.7 Å². The van der Waals surface area contributed by atoms with Gasteiger partial charge in [-0.2, -0.15) is 0 Å². The Labute approximate surface area is 131 Å². The summed E-state index contributed by atoms with van der Waals surface area (Å²) in [6, 6.07) is 0. The zero-order valence-corrected chi connectivity index (χ0v) is 13.7. The lowest BCUT2D eigenvalue weighted by Gasteiger charge is -2.32. The van der Waals surface area contributed by atoms with Crippen LogP contribution in [0.5, 0.6) is 0 Å². The van der Waals surface area contributed by atoms with Crippen molar-refractivity contribution in [3.05, 3.63) is 0 Å². The lowest BCUT2D eigenvalue weighted by Crippen LogP contribution is -2.47. The first-order valence-corrected chi connectivity index (χ1v) is 7.57. The number of unbranched alkanes of at least 4 members (excludes halogenated alkanes) is 3. The Morgan fingerprint density at radius 3 is 1.82 bits per heavy atom. The fraction of sp³-hybridized carbons (Fsp3) is 0.800. The minimum atomic E-state index is -0.909. The summed E-state index contributed by atoms with van der Waals surface area (Å²) in [5.74, 6) is -2.04. The van der Waals surface area contributed by atoms with Crippen LogP contribution in [0.1, 0.15) is 51.4 Å². The number of esters is 1. The minimum Gasteiger partial charge on any atom is -0.481 e. The Kier molecular flexibility index (Phi) is 9.40. The van der Waals surface area contributed by atoms with Crippen molar-refractivity contribution < 1.29 is 33.8 Å². The zero-order chi connectivity index (χ0) is 17.2. The average molecular weight is 318 g/mol. The summed E-state index contributed by atoms with van der Waals surface area (Å²) in [5.41, 5.74) is 0. The summed E-state index contributed by atoms with van der Waals surface area (Å²) < 4.78 is 5.74. The first-order valence-electron chi connectivity index (χ1n) is 7.57. The van der Waals surface area contributed by atoms with Gasteiger partial charge in [-0.15, -0.1) is 0 Å². The minimum absolute atomic E-state index is 0.0390. The fourth-order valence-electron chi connectivity index (χ4n) is 1.96. The van der Waals surface area contributed by atoms with E-state index in [0.29, 0.717) is 17.3 Å². The van der Waals surface area contributed by atoms with Crippen LogP contribution in [0.4, 0.5) is 0 Å². The van der Waals surface area contributed by atoms with Crippen LogP contribution < -0.4 is 0 Å². The molecule has 0 aromatic heterocycles. The lowest BCUT2D eigenvalue weighted by atomic mass is 10.1. The summed E-state index contributed by atoms with van der Waals surface area (Å²) in [6.07, 6.45) is 3.03. The predicted molar refractivity (Wildman–Crippen MR) is 80.1 cm³/mol. The van der Waals surface area contributed by atoms with Crippen molar-refractivity contribution >= 4 is 17.9 Å². The Morgan fingerprint density at radius 2 is 1.36 bits per heavy atom. The van der Waals surface area contributed by atoms with E-state index in [1.165, 1.54) is 0 Å². The van der Waals surface area contributed by atoms with Crippen LogP contribution in [0, 0.1) is 0 Å². The molecule has 128 valence electrons. The van der Waals surface area contributed by atoms with Gasteiger partial charge in [0, 0.05) is 19.3 Å². The topological polar surface area (TPSA) is 101 Å². The standard InChI is InChI=1S/C15H27NO6/c1-16(2,3)12(10-11-14(19)20)22-15(21)9-7-5-4-6-8-13(17)18/h12H,4-11H2,1-3H3,(H-,17,18,19,20)/p+1. The summed E-state index contributed by atoms with van der Waals surface area (Å²) in [6.45, 7) is 0. The first-order chi connectivity index (χ1) is 10.1. The maximum Gasteiger partial charge on any atom is 0.310 e. The Hall–Kier alpha value is -1.63. The highest BCUT2D eigenvalue weighted by atomic mass is 16.6. The molecule has 0 radical (unpaired) electrons. The molecule has 0 rings (SSSR count). The molecule has 0 aromatic carbocycles. The predicted octanol–water partition coefficient (Wildman–Crippen LogP) is 1.85. The number of quaternary nitrogens is 1. The highest BCUT2D eigenvalue weighted by Gasteiger charge is 2.28. The van der Waals surface area contributed by atoms with Crippen LogP contribution in [0.3, 0.4) is 0 Å². The van der Waals surface area contributed by atoms with E-state index in [1.54, 1.807) is 0 Å². The smallest absolute Gasteiger partial charge is 0.310 e. The highest BCUT2D eigenvalue weighted by Crippen LogP contribution is 2.14. The highest BCUT2D eigenvalue weighted by molar-refractivity contribution is 5.69. The second-order valence-electron chi connectivity index (χ2n) is 6.30. The maximum atomic E-state index is 11.8. The molecule has 0 saturated carbocycles. The molecule has 0 aliphatic heterocycles. The Balaban J connectivity index is 4.02. The van der Waals surface area contributed by atoms with Crippen LogP contribution in [-0.2, 0) is 19.1 Å². The molecule has 0 amide bonds. The third-order valence-electron chi connectivity index (χ3n) is 3.26.